The van der Waals surface area contributed by atoms with Gasteiger partial charge in [-0.15, -0.1) is 0 Å². The van der Waals surface area contributed by atoms with Gasteiger partial charge in [-0.3, -0.25) is 0 Å². The molecule has 3 aromatic rings. The van der Waals surface area contributed by atoms with E-state index in [4.69, 9.17) is 17.2 Å². The van der Waals surface area contributed by atoms with Crippen molar-refractivity contribution >= 4 is 34.1 Å². The predicted octanol–water partition coefficient (Wildman–Crippen LogP) is 4.33. The van der Waals surface area contributed by atoms with Crippen molar-refractivity contribution in [1.82, 2.24) is 19.4 Å². The summed E-state index contributed by atoms with van der Waals surface area (Å²) in [7, 11) is 2.16. The molecule has 2 aromatic carbocycles. The van der Waals surface area contributed by atoms with Gasteiger partial charge in [0.1, 0.15) is 5.82 Å². The third kappa shape index (κ3) is 4.50. The van der Waals surface area contributed by atoms with E-state index in [9.17, 15) is 0 Å². The molecule has 1 aliphatic rings. The van der Waals surface area contributed by atoms with E-state index in [-0.39, 0.29) is 5.41 Å². The van der Waals surface area contributed by atoms with Crippen LogP contribution in [0.15, 0.2) is 48.5 Å². The molecule has 4 rings (SSSR count). The van der Waals surface area contributed by atoms with Crippen LogP contribution in [0.2, 0.25) is 0 Å². The second-order valence-electron chi connectivity index (χ2n) is 9.18. The molecule has 1 aromatic heterocycles. The first-order valence-electron chi connectivity index (χ1n) is 10.6. The van der Waals surface area contributed by atoms with Crippen LogP contribution in [0.5, 0.6) is 0 Å². The van der Waals surface area contributed by atoms with Gasteiger partial charge in [0.05, 0.1) is 11.0 Å². The van der Waals surface area contributed by atoms with Gasteiger partial charge in [0.2, 0.25) is 0 Å². The third-order valence-electron chi connectivity index (χ3n) is 5.64. The van der Waals surface area contributed by atoms with Crippen LogP contribution in [0.1, 0.15) is 32.2 Å². The summed E-state index contributed by atoms with van der Waals surface area (Å²) in [6, 6.07) is 16.9. The number of rotatable bonds is 3. The van der Waals surface area contributed by atoms with Gasteiger partial charge in [0.25, 0.3) is 0 Å². The second-order valence-corrected chi connectivity index (χ2v) is 9.57. The Balaban J connectivity index is 1.65. The molecular weight excluding hydrogens is 390 g/mol. The Morgan fingerprint density at radius 3 is 2.40 bits per heavy atom. The largest absolute Gasteiger partial charge is 0.346 e. The number of thiocarbonyl (C=S) groups is 1. The van der Waals surface area contributed by atoms with Crippen LogP contribution < -0.4 is 5.32 Å². The van der Waals surface area contributed by atoms with Crippen molar-refractivity contribution < 1.29 is 0 Å². The summed E-state index contributed by atoms with van der Waals surface area (Å²) in [5.41, 5.74) is 4.40. The van der Waals surface area contributed by atoms with Crippen molar-refractivity contribution in [3.05, 3.63) is 59.9 Å². The number of aromatic nitrogens is 2. The van der Waals surface area contributed by atoms with Gasteiger partial charge >= 0.3 is 0 Å². The highest BCUT2D eigenvalue weighted by Crippen LogP contribution is 2.29. The highest BCUT2D eigenvalue weighted by molar-refractivity contribution is 7.80. The van der Waals surface area contributed by atoms with Crippen molar-refractivity contribution in [3.63, 3.8) is 0 Å². The van der Waals surface area contributed by atoms with Gasteiger partial charge in [0, 0.05) is 43.8 Å². The number of piperazine rings is 1. The summed E-state index contributed by atoms with van der Waals surface area (Å²) in [6.07, 6.45) is 0. The zero-order valence-corrected chi connectivity index (χ0v) is 19.2. The number of anilines is 1. The van der Waals surface area contributed by atoms with Gasteiger partial charge in [-0.2, -0.15) is 0 Å². The van der Waals surface area contributed by atoms with Gasteiger partial charge in [-0.1, -0.05) is 51.1 Å². The minimum absolute atomic E-state index is 0.0451. The number of likely N-dealkylation sites (N-methyl/N-ethyl adjacent to an activating group) is 1. The van der Waals surface area contributed by atoms with Crippen molar-refractivity contribution in [2.24, 2.45) is 0 Å². The first kappa shape index (κ1) is 20.8. The van der Waals surface area contributed by atoms with Crippen LogP contribution in [-0.4, -0.2) is 57.7 Å². The Morgan fingerprint density at radius 1 is 1.03 bits per heavy atom. The molecule has 0 aliphatic carbocycles. The van der Waals surface area contributed by atoms with E-state index >= 15 is 0 Å². The third-order valence-corrected chi connectivity index (χ3v) is 6.00. The first-order valence-corrected chi connectivity index (χ1v) is 11.0. The van der Waals surface area contributed by atoms with Gasteiger partial charge in [0.15, 0.2) is 5.11 Å². The summed E-state index contributed by atoms with van der Waals surface area (Å²) in [6.45, 7) is 11.5. The molecule has 0 radical (unpaired) electrons. The number of hydrogen-bond donors (Lipinski definition) is 1. The summed E-state index contributed by atoms with van der Waals surface area (Å²) in [4.78, 5) is 9.57. The average Bonchev–Trinajstić information content (AvgIpc) is 3.07. The number of nitrogens with zero attached hydrogens (tertiary/aromatic N) is 4. The van der Waals surface area contributed by atoms with E-state index in [2.05, 4.69) is 96.0 Å². The van der Waals surface area contributed by atoms with E-state index in [1.54, 1.807) is 0 Å². The number of fused-ring (bicyclic) bond motifs is 1. The monoisotopic (exact) mass is 421 g/mol. The highest BCUT2D eigenvalue weighted by Gasteiger charge is 2.23. The molecule has 6 heteroatoms. The summed E-state index contributed by atoms with van der Waals surface area (Å²) >= 11 is 5.69. The number of nitrogens with one attached hydrogen (secondary N) is 1. The molecule has 5 nitrogen and oxygen atoms in total. The number of imidazole rings is 1. The van der Waals surface area contributed by atoms with Crippen LogP contribution >= 0.6 is 12.2 Å². The molecule has 0 amide bonds. The molecule has 0 saturated carbocycles. The summed E-state index contributed by atoms with van der Waals surface area (Å²) in [5, 5.41) is 4.25. The van der Waals surface area contributed by atoms with Gasteiger partial charge in [-0.05, 0) is 43.0 Å². The van der Waals surface area contributed by atoms with Crippen LogP contribution in [0, 0.1) is 0 Å². The van der Waals surface area contributed by atoms with Gasteiger partial charge < -0.3 is 19.7 Å². The van der Waals surface area contributed by atoms with Crippen LogP contribution in [-0.2, 0) is 12.0 Å². The topological polar surface area (TPSA) is 36.3 Å². The molecule has 30 heavy (non-hydrogen) atoms. The Kier molecular flexibility index (Phi) is 5.80. The Bertz CT molecular complexity index is 1030. The van der Waals surface area contributed by atoms with Crippen LogP contribution in [0.3, 0.4) is 0 Å². The lowest BCUT2D eigenvalue weighted by Crippen LogP contribution is -2.48. The fraction of sp³-hybridized carbons (Fsp3) is 0.417. The minimum Gasteiger partial charge on any atom is -0.346 e. The lowest BCUT2D eigenvalue weighted by molar-refractivity contribution is 0.217. The highest BCUT2D eigenvalue weighted by atomic mass is 32.1. The maximum atomic E-state index is 5.69. The number of hydrogen-bond acceptors (Lipinski definition) is 3. The van der Waals surface area contributed by atoms with E-state index in [0.717, 1.165) is 60.4 Å². The number of benzene rings is 2. The molecule has 1 saturated heterocycles. The fourth-order valence-corrected chi connectivity index (χ4v) is 4.21. The molecule has 158 valence electrons. The predicted molar refractivity (Wildman–Crippen MR) is 129 cm³/mol. The summed E-state index contributed by atoms with van der Waals surface area (Å²) < 4.78 is 2.34. The smallest absolute Gasteiger partial charge is 0.173 e. The molecule has 1 fully saturated rings. The maximum Gasteiger partial charge on any atom is 0.173 e. The Labute approximate surface area is 184 Å². The molecule has 0 unspecified atom stereocenters. The van der Waals surface area contributed by atoms with Crippen molar-refractivity contribution in [3.8, 4) is 0 Å². The van der Waals surface area contributed by atoms with Gasteiger partial charge in [-0.25, -0.2) is 4.98 Å². The standard InChI is InChI=1S/C24H31N5S/c1-24(2,3)22-26-20-11-10-19(25-23(30)28-14-12-27(4)13-15-28)16-21(20)29(22)17-18-8-6-5-7-9-18/h5-11,16H,12-15,17H2,1-4H3,(H,25,30). The van der Waals surface area contributed by atoms with Crippen molar-refractivity contribution in [2.75, 3.05) is 38.5 Å². The SMILES string of the molecule is CN1CCN(C(=S)Nc2ccc3nc(C(C)(C)C)n(Cc4ccccc4)c3c2)CC1. The molecule has 1 N–H and O–H groups in total. The lowest BCUT2D eigenvalue weighted by Gasteiger charge is -2.34. The van der Waals surface area contributed by atoms with E-state index in [0.29, 0.717) is 0 Å². The van der Waals surface area contributed by atoms with E-state index in [1.165, 1.54) is 5.56 Å². The zero-order chi connectivity index (χ0) is 21.3. The maximum absolute atomic E-state index is 5.69. The molecule has 0 bridgehead atoms. The Hall–Kier alpha value is -2.44. The molecule has 1 aliphatic heterocycles. The molecule has 2 heterocycles. The molecule has 0 atom stereocenters. The molecule has 0 spiro atoms. The second kappa shape index (κ2) is 8.36. The van der Waals surface area contributed by atoms with E-state index < -0.39 is 0 Å². The van der Waals surface area contributed by atoms with Crippen LogP contribution in [0.25, 0.3) is 11.0 Å². The van der Waals surface area contributed by atoms with Crippen LogP contribution in [0.4, 0.5) is 5.69 Å². The molecular formula is C24H31N5S. The lowest BCUT2D eigenvalue weighted by atomic mass is 9.95. The van der Waals surface area contributed by atoms with E-state index in [1.807, 2.05) is 0 Å². The van der Waals surface area contributed by atoms with Crippen molar-refractivity contribution in [1.29, 1.82) is 0 Å². The average molecular weight is 422 g/mol. The quantitative estimate of drug-likeness (QED) is 0.637. The van der Waals surface area contributed by atoms with Crippen molar-refractivity contribution in [2.45, 2.75) is 32.7 Å². The fourth-order valence-electron chi connectivity index (χ4n) is 3.91. The normalized spacial score (nSPS) is 15.5. The first-order chi connectivity index (χ1) is 14.3. The zero-order valence-electron chi connectivity index (χ0n) is 18.4. The Morgan fingerprint density at radius 2 is 1.73 bits per heavy atom. The summed E-state index contributed by atoms with van der Waals surface area (Å²) in [5.74, 6) is 1.10. The minimum atomic E-state index is -0.0451.